The fraction of sp³-hybridized carbons (Fsp3) is 0.786. The molecule has 2 fully saturated rings. The number of aromatic nitrogens is 3. The number of anilines is 2. The first-order valence-corrected chi connectivity index (χ1v) is 9.91. The van der Waals surface area contributed by atoms with Crippen LogP contribution >= 0.6 is 0 Å². The van der Waals surface area contributed by atoms with Crippen molar-refractivity contribution < 1.29 is 8.42 Å². The number of rotatable bonds is 4. The molecular weight excluding hydrogens is 316 g/mol. The van der Waals surface area contributed by atoms with Crippen LogP contribution in [0.5, 0.6) is 0 Å². The summed E-state index contributed by atoms with van der Waals surface area (Å²) in [5, 5.41) is 8.22. The van der Waals surface area contributed by atoms with Gasteiger partial charge in [0.05, 0.1) is 17.7 Å². The lowest BCUT2D eigenvalue weighted by molar-refractivity contribution is 0.269. The smallest absolute Gasteiger partial charge is 0.247 e. The number of piperazine rings is 1. The Morgan fingerprint density at radius 2 is 2.04 bits per heavy atom. The number of hydrogen-bond acceptors (Lipinski definition) is 8. The molecule has 3 rings (SSSR count). The summed E-state index contributed by atoms with van der Waals surface area (Å²) in [6.45, 7) is 7.01. The van der Waals surface area contributed by atoms with Gasteiger partial charge in [-0.3, -0.25) is 0 Å². The topological polar surface area (TPSA) is 82.5 Å². The molecule has 2 saturated heterocycles. The highest BCUT2D eigenvalue weighted by atomic mass is 32.2. The summed E-state index contributed by atoms with van der Waals surface area (Å²) >= 11 is 0. The standard InChI is InChI=1S/C14H24N6O2S/c1-3-19-5-7-20(8-6-19)14-16-13(10-15-17-14)18(2)12-4-9-23(21,22)11-12/h10,12H,3-9,11H2,1-2H3. The molecule has 1 aromatic heterocycles. The summed E-state index contributed by atoms with van der Waals surface area (Å²) in [4.78, 5) is 11.1. The van der Waals surface area contributed by atoms with Crippen molar-refractivity contribution in [3.8, 4) is 0 Å². The van der Waals surface area contributed by atoms with Gasteiger partial charge in [0.1, 0.15) is 0 Å². The zero-order valence-corrected chi connectivity index (χ0v) is 14.5. The van der Waals surface area contributed by atoms with Crippen LogP contribution in [0.25, 0.3) is 0 Å². The zero-order valence-electron chi connectivity index (χ0n) is 13.7. The molecule has 0 saturated carbocycles. The summed E-state index contributed by atoms with van der Waals surface area (Å²) in [7, 11) is -1.03. The van der Waals surface area contributed by atoms with Crippen molar-refractivity contribution in [3.05, 3.63) is 6.20 Å². The Kier molecular flexibility index (Phi) is 4.67. The minimum atomic E-state index is -2.91. The van der Waals surface area contributed by atoms with Crippen LogP contribution in [0.1, 0.15) is 13.3 Å². The molecule has 3 heterocycles. The molecule has 1 aromatic rings. The Labute approximate surface area is 137 Å². The maximum absolute atomic E-state index is 11.7. The van der Waals surface area contributed by atoms with Gasteiger partial charge in [0.15, 0.2) is 15.7 Å². The summed E-state index contributed by atoms with van der Waals surface area (Å²) in [5.41, 5.74) is 0. The Morgan fingerprint density at radius 1 is 1.30 bits per heavy atom. The van der Waals surface area contributed by atoms with E-state index in [4.69, 9.17) is 0 Å². The number of sulfone groups is 1. The van der Waals surface area contributed by atoms with Gasteiger partial charge in [-0.15, -0.1) is 5.10 Å². The third kappa shape index (κ3) is 3.72. The molecule has 0 aliphatic carbocycles. The van der Waals surface area contributed by atoms with Gasteiger partial charge in [0.25, 0.3) is 0 Å². The molecule has 0 radical (unpaired) electrons. The zero-order chi connectivity index (χ0) is 16.4. The quantitative estimate of drug-likeness (QED) is 0.735. The van der Waals surface area contributed by atoms with Gasteiger partial charge in [0.2, 0.25) is 5.95 Å². The first-order valence-electron chi connectivity index (χ1n) is 8.09. The van der Waals surface area contributed by atoms with Crippen LogP contribution in [0, 0.1) is 0 Å². The van der Waals surface area contributed by atoms with Crippen molar-refractivity contribution in [2.45, 2.75) is 19.4 Å². The lowest BCUT2D eigenvalue weighted by atomic mass is 10.2. The highest BCUT2D eigenvalue weighted by molar-refractivity contribution is 7.91. The van der Waals surface area contributed by atoms with Gasteiger partial charge in [-0.1, -0.05) is 6.92 Å². The third-order valence-corrected chi connectivity index (χ3v) is 6.51. The van der Waals surface area contributed by atoms with Crippen molar-refractivity contribution in [2.75, 3.05) is 61.1 Å². The van der Waals surface area contributed by atoms with Crippen LogP contribution in [0.15, 0.2) is 6.20 Å². The van der Waals surface area contributed by atoms with Gasteiger partial charge in [-0.2, -0.15) is 10.1 Å². The largest absolute Gasteiger partial charge is 0.354 e. The minimum Gasteiger partial charge on any atom is -0.354 e. The van der Waals surface area contributed by atoms with E-state index < -0.39 is 9.84 Å². The molecule has 2 aliphatic rings. The molecular formula is C14H24N6O2S. The van der Waals surface area contributed by atoms with Gasteiger partial charge in [0, 0.05) is 39.3 Å². The minimum absolute atomic E-state index is 0.0264. The molecule has 9 heteroatoms. The Morgan fingerprint density at radius 3 is 2.65 bits per heavy atom. The number of nitrogens with zero attached hydrogens (tertiary/aromatic N) is 6. The van der Waals surface area contributed by atoms with E-state index in [-0.39, 0.29) is 17.5 Å². The van der Waals surface area contributed by atoms with E-state index >= 15 is 0 Å². The molecule has 128 valence electrons. The van der Waals surface area contributed by atoms with Crippen LogP contribution in [-0.4, -0.2) is 85.8 Å². The molecule has 23 heavy (non-hydrogen) atoms. The van der Waals surface area contributed by atoms with Gasteiger partial charge in [-0.25, -0.2) is 8.42 Å². The molecule has 1 unspecified atom stereocenters. The molecule has 2 aliphatic heterocycles. The van der Waals surface area contributed by atoms with Gasteiger partial charge >= 0.3 is 0 Å². The average molecular weight is 340 g/mol. The molecule has 0 aromatic carbocycles. The van der Waals surface area contributed by atoms with E-state index in [1.54, 1.807) is 6.20 Å². The molecule has 0 bridgehead atoms. The molecule has 1 atom stereocenters. The van der Waals surface area contributed by atoms with E-state index in [9.17, 15) is 8.42 Å². The van der Waals surface area contributed by atoms with E-state index in [1.165, 1.54) is 0 Å². The van der Waals surface area contributed by atoms with E-state index in [0.29, 0.717) is 18.2 Å². The lowest BCUT2D eigenvalue weighted by Gasteiger charge is -2.34. The normalized spacial score (nSPS) is 24.8. The Balaban J connectivity index is 1.70. The summed E-state index contributed by atoms with van der Waals surface area (Å²) in [5.74, 6) is 1.77. The predicted molar refractivity (Wildman–Crippen MR) is 89.6 cm³/mol. The molecule has 8 nitrogen and oxygen atoms in total. The lowest BCUT2D eigenvalue weighted by Crippen LogP contribution is -2.47. The van der Waals surface area contributed by atoms with Crippen LogP contribution in [-0.2, 0) is 9.84 Å². The second-order valence-corrected chi connectivity index (χ2v) is 8.43. The highest BCUT2D eigenvalue weighted by Gasteiger charge is 2.31. The van der Waals surface area contributed by atoms with E-state index in [1.807, 2.05) is 11.9 Å². The number of likely N-dealkylation sites (N-methyl/N-ethyl adjacent to an activating group) is 1. The fourth-order valence-electron chi connectivity index (χ4n) is 3.12. The van der Waals surface area contributed by atoms with Gasteiger partial charge < -0.3 is 14.7 Å². The monoisotopic (exact) mass is 340 g/mol. The summed E-state index contributed by atoms with van der Waals surface area (Å²) < 4.78 is 23.3. The summed E-state index contributed by atoms with van der Waals surface area (Å²) in [6.07, 6.45) is 2.25. The Hall–Kier alpha value is -1.48. The average Bonchev–Trinajstić information content (AvgIpc) is 2.94. The van der Waals surface area contributed by atoms with Crippen LogP contribution in [0.3, 0.4) is 0 Å². The van der Waals surface area contributed by atoms with Crippen molar-refractivity contribution in [2.24, 2.45) is 0 Å². The Bertz CT molecular complexity index is 644. The van der Waals surface area contributed by atoms with E-state index in [2.05, 4.69) is 31.9 Å². The molecule has 0 amide bonds. The van der Waals surface area contributed by atoms with Gasteiger partial charge in [-0.05, 0) is 13.0 Å². The van der Waals surface area contributed by atoms with Crippen molar-refractivity contribution >= 4 is 21.6 Å². The van der Waals surface area contributed by atoms with Crippen molar-refractivity contribution in [3.63, 3.8) is 0 Å². The van der Waals surface area contributed by atoms with Crippen molar-refractivity contribution in [1.82, 2.24) is 20.1 Å². The maximum Gasteiger partial charge on any atom is 0.247 e. The van der Waals surface area contributed by atoms with E-state index in [0.717, 1.165) is 32.7 Å². The molecule has 0 N–H and O–H groups in total. The number of hydrogen-bond donors (Lipinski definition) is 0. The fourth-order valence-corrected chi connectivity index (χ4v) is 4.90. The van der Waals surface area contributed by atoms with Crippen LogP contribution in [0.4, 0.5) is 11.8 Å². The first kappa shape index (κ1) is 16.4. The molecule has 0 spiro atoms. The second-order valence-electron chi connectivity index (χ2n) is 6.20. The van der Waals surface area contributed by atoms with Crippen LogP contribution in [0.2, 0.25) is 0 Å². The first-order chi connectivity index (χ1) is 11.0. The summed E-state index contributed by atoms with van der Waals surface area (Å²) in [6, 6.07) is -0.0264. The predicted octanol–water partition coefficient (Wildman–Crippen LogP) is -0.363. The maximum atomic E-state index is 11.7. The van der Waals surface area contributed by atoms with Crippen LogP contribution < -0.4 is 9.80 Å². The highest BCUT2D eigenvalue weighted by Crippen LogP contribution is 2.22. The third-order valence-electron chi connectivity index (χ3n) is 4.75. The van der Waals surface area contributed by atoms with Crippen molar-refractivity contribution in [1.29, 1.82) is 0 Å². The SMILES string of the molecule is CCN1CCN(c2nncc(N(C)C3CCS(=O)(=O)C3)n2)CC1. The second kappa shape index (κ2) is 6.56.